The van der Waals surface area contributed by atoms with Crippen LogP contribution in [0.15, 0.2) is 0 Å². The van der Waals surface area contributed by atoms with Gasteiger partial charge in [-0.15, -0.1) is 0 Å². The van der Waals surface area contributed by atoms with Crippen molar-refractivity contribution in [1.82, 2.24) is 0 Å². The Kier molecular flexibility index (Phi) is 3.72. The molecule has 0 amide bonds. The van der Waals surface area contributed by atoms with Crippen molar-refractivity contribution < 1.29 is 14.2 Å². The standard InChI is InChI=1S/C3H6O.2C2H4O/c1-3-2-4-3;2*1-2-3-1/h3H,2H2,1H3;2*1-2H2. The number of hydrogen-bond donors (Lipinski definition) is 0. The minimum Gasteiger partial charge on any atom is -0.377 e. The average Bonchev–Trinajstić information content (AvgIpc) is 2.71. The predicted octanol–water partition coefficient (Wildman–Crippen LogP) is 0.438. The summed E-state index contributed by atoms with van der Waals surface area (Å²) in [5, 5.41) is 0. The molecule has 0 aromatic heterocycles. The Morgan fingerprint density at radius 3 is 1.20 bits per heavy atom. The lowest BCUT2D eigenvalue weighted by atomic mass is 10.6. The van der Waals surface area contributed by atoms with E-state index in [1.54, 1.807) is 0 Å². The first-order chi connectivity index (χ1) is 4.89. The molecule has 0 aromatic carbocycles. The first-order valence-electron chi connectivity index (χ1n) is 3.66. The fourth-order valence-electron chi connectivity index (χ4n) is 0.0962. The maximum atomic E-state index is 4.71. The molecule has 10 heavy (non-hydrogen) atoms. The molecular formula is C7H14O3. The Morgan fingerprint density at radius 1 is 1.00 bits per heavy atom. The number of ether oxygens (including phenoxy) is 3. The van der Waals surface area contributed by atoms with Gasteiger partial charge in [0.25, 0.3) is 0 Å². The van der Waals surface area contributed by atoms with E-state index < -0.39 is 0 Å². The summed E-state index contributed by atoms with van der Waals surface area (Å²) in [6.45, 7) is 7.04. The van der Waals surface area contributed by atoms with Crippen molar-refractivity contribution in [3.8, 4) is 0 Å². The Labute approximate surface area is 61.3 Å². The zero-order chi connectivity index (χ0) is 7.23. The van der Waals surface area contributed by atoms with E-state index in [9.17, 15) is 0 Å². The van der Waals surface area contributed by atoms with E-state index in [0.717, 1.165) is 33.0 Å². The average molecular weight is 146 g/mol. The lowest BCUT2D eigenvalue weighted by Crippen LogP contribution is -1.60. The van der Waals surface area contributed by atoms with E-state index in [1.165, 1.54) is 0 Å². The van der Waals surface area contributed by atoms with Crippen molar-refractivity contribution in [3.05, 3.63) is 0 Å². The van der Waals surface area contributed by atoms with E-state index in [-0.39, 0.29) is 0 Å². The molecule has 3 heteroatoms. The smallest absolute Gasteiger partial charge is 0.0781 e. The molecule has 0 saturated carbocycles. The molecule has 3 heterocycles. The molecule has 0 aromatic rings. The van der Waals surface area contributed by atoms with Crippen molar-refractivity contribution in [2.75, 3.05) is 33.0 Å². The van der Waals surface area contributed by atoms with Crippen molar-refractivity contribution >= 4 is 0 Å². The highest BCUT2D eigenvalue weighted by Gasteiger charge is 2.13. The van der Waals surface area contributed by atoms with Gasteiger partial charge in [0.2, 0.25) is 0 Å². The lowest BCUT2D eigenvalue weighted by Gasteiger charge is -1.50. The highest BCUT2D eigenvalue weighted by Crippen LogP contribution is 2.04. The molecule has 3 rings (SSSR count). The summed E-state index contributed by atoms with van der Waals surface area (Å²) in [5.41, 5.74) is 0. The summed E-state index contributed by atoms with van der Waals surface area (Å²) in [6.07, 6.45) is 0.583. The summed E-state index contributed by atoms with van der Waals surface area (Å²) in [6, 6.07) is 0. The normalized spacial score (nSPS) is 30.3. The van der Waals surface area contributed by atoms with Gasteiger partial charge in [0.1, 0.15) is 0 Å². The molecule has 1 unspecified atom stereocenters. The maximum Gasteiger partial charge on any atom is 0.0781 e. The van der Waals surface area contributed by atoms with Gasteiger partial charge in [0.15, 0.2) is 0 Å². The first kappa shape index (κ1) is 7.98. The zero-order valence-corrected chi connectivity index (χ0v) is 6.34. The molecule has 3 saturated heterocycles. The van der Waals surface area contributed by atoms with E-state index >= 15 is 0 Å². The summed E-state index contributed by atoms with van der Waals surface area (Å²) >= 11 is 0. The summed E-state index contributed by atoms with van der Waals surface area (Å²) in [7, 11) is 0. The van der Waals surface area contributed by atoms with Gasteiger partial charge in [-0.1, -0.05) is 0 Å². The second-order valence-corrected chi connectivity index (χ2v) is 2.37. The molecule has 0 spiro atoms. The van der Waals surface area contributed by atoms with Gasteiger partial charge in [-0.3, -0.25) is 0 Å². The van der Waals surface area contributed by atoms with Gasteiger partial charge in [-0.2, -0.15) is 0 Å². The topological polar surface area (TPSA) is 37.6 Å². The van der Waals surface area contributed by atoms with Crippen LogP contribution >= 0.6 is 0 Å². The second-order valence-electron chi connectivity index (χ2n) is 2.37. The zero-order valence-electron chi connectivity index (χ0n) is 6.34. The van der Waals surface area contributed by atoms with Crippen LogP contribution in [-0.4, -0.2) is 39.1 Å². The molecule has 3 fully saturated rings. The van der Waals surface area contributed by atoms with Crippen LogP contribution in [0, 0.1) is 0 Å². The predicted molar refractivity (Wildman–Crippen MR) is 37.1 cm³/mol. The van der Waals surface area contributed by atoms with Gasteiger partial charge in [0.05, 0.1) is 39.1 Å². The number of hydrogen-bond acceptors (Lipinski definition) is 3. The van der Waals surface area contributed by atoms with Crippen LogP contribution in [0.4, 0.5) is 0 Å². The van der Waals surface area contributed by atoms with E-state index in [1.807, 2.05) is 0 Å². The Balaban J connectivity index is 0.0000000762. The maximum absolute atomic E-state index is 4.71. The highest BCUT2D eigenvalue weighted by atomic mass is 16.6. The van der Waals surface area contributed by atoms with Gasteiger partial charge in [0, 0.05) is 0 Å². The van der Waals surface area contributed by atoms with Crippen LogP contribution in [0.25, 0.3) is 0 Å². The molecule has 3 nitrogen and oxygen atoms in total. The summed E-state index contributed by atoms with van der Waals surface area (Å²) in [5.74, 6) is 0. The third kappa shape index (κ3) is 15.7. The van der Waals surface area contributed by atoms with Crippen LogP contribution in [0.2, 0.25) is 0 Å². The van der Waals surface area contributed by atoms with Crippen LogP contribution in [0.1, 0.15) is 6.92 Å². The van der Waals surface area contributed by atoms with Gasteiger partial charge < -0.3 is 14.2 Å². The van der Waals surface area contributed by atoms with Crippen molar-refractivity contribution in [1.29, 1.82) is 0 Å². The van der Waals surface area contributed by atoms with Crippen molar-refractivity contribution in [2.24, 2.45) is 0 Å². The monoisotopic (exact) mass is 146 g/mol. The van der Waals surface area contributed by atoms with E-state index in [4.69, 9.17) is 4.74 Å². The van der Waals surface area contributed by atoms with Crippen molar-refractivity contribution in [2.45, 2.75) is 13.0 Å². The molecule has 1 atom stereocenters. The molecule has 3 aliphatic heterocycles. The first-order valence-corrected chi connectivity index (χ1v) is 3.66. The molecule has 0 radical (unpaired) electrons. The Bertz CT molecular complexity index is 65.4. The Hall–Kier alpha value is -0.120. The minimum absolute atomic E-state index is 0.583. The van der Waals surface area contributed by atoms with Crippen molar-refractivity contribution in [3.63, 3.8) is 0 Å². The number of rotatable bonds is 0. The highest BCUT2D eigenvalue weighted by molar-refractivity contribution is 4.58. The second kappa shape index (κ2) is 4.66. The van der Waals surface area contributed by atoms with Crippen LogP contribution in [0.3, 0.4) is 0 Å². The molecule has 0 aliphatic carbocycles. The van der Waals surface area contributed by atoms with Gasteiger partial charge >= 0.3 is 0 Å². The molecule has 0 bridgehead atoms. The lowest BCUT2D eigenvalue weighted by molar-refractivity contribution is 0.423. The summed E-state index contributed by atoms with van der Waals surface area (Å²) < 4.78 is 13.7. The molecule has 60 valence electrons. The van der Waals surface area contributed by atoms with Gasteiger partial charge in [-0.25, -0.2) is 0 Å². The van der Waals surface area contributed by atoms with Crippen LogP contribution < -0.4 is 0 Å². The van der Waals surface area contributed by atoms with Crippen LogP contribution in [-0.2, 0) is 14.2 Å². The molecule has 3 aliphatic rings. The molecule has 0 N–H and O–H groups in total. The third-order valence-corrected chi connectivity index (χ3v) is 0.908. The SMILES string of the molecule is C1CO1.C1CO1.CC1CO1. The number of epoxide rings is 3. The van der Waals surface area contributed by atoms with E-state index in [0.29, 0.717) is 6.10 Å². The van der Waals surface area contributed by atoms with Gasteiger partial charge in [-0.05, 0) is 6.92 Å². The fourth-order valence-corrected chi connectivity index (χ4v) is 0.0962. The third-order valence-electron chi connectivity index (χ3n) is 0.908. The largest absolute Gasteiger partial charge is 0.377 e. The summed E-state index contributed by atoms with van der Waals surface area (Å²) in [4.78, 5) is 0. The quantitative estimate of drug-likeness (QED) is 0.465. The molecular weight excluding hydrogens is 132 g/mol. The minimum atomic E-state index is 0.583. The Morgan fingerprint density at radius 2 is 1.20 bits per heavy atom. The fraction of sp³-hybridized carbons (Fsp3) is 1.00. The van der Waals surface area contributed by atoms with E-state index in [2.05, 4.69) is 16.4 Å². The van der Waals surface area contributed by atoms with Crippen LogP contribution in [0.5, 0.6) is 0 Å².